The number of fused-ring (bicyclic) bond motifs is 1. The maximum Gasteiger partial charge on any atom is 0.0570 e. The molecular formula is C19H30N2. The molecule has 1 fully saturated rings. The summed E-state index contributed by atoms with van der Waals surface area (Å²) in [5, 5.41) is 0. The van der Waals surface area contributed by atoms with Gasteiger partial charge < -0.3 is 5.73 Å². The van der Waals surface area contributed by atoms with E-state index < -0.39 is 0 Å². The van der Waals surface area contributed by atoms with Gasteiger partial charge in [0.15, 0.2) is 0 Å². The fourth-order valence-corrected chi connectivity index (χ4v) is 4.55. The first-order valence-electron chi connectivity index (χ1n) is 8.87. The van der Waals surface area contributed by atoms with Gasteiger partial charge in [0.25, 0.3) is 0 Å². The molecule has 2 heteroatoms. The van der Waals surface area contributed by atoms with Crippen LogP contribution >= 0.6 is 0 Å². The molecule has 21 heavy (non-hydrogen) atoms. The third-order valence-corrected chi connectivity index (χ3v) is 5.55. The summed E-state index contributed by atoms with van der Waals surface area (Å²) in [7, 11) is 0. The zero-order chi connectivity index (χ0) is 14.7. The van der Waals surface area contributed by atoms with Crippen LogP contribution in [0.25, 0.3) is 0 Å². The molecule has 2 aliphatic rings. The van der Waals surface area contributed by atoms with Crippen LogP contribution in [0.2, 0.25) is 0 Å². The van der Waals surface area contributed by atoms with Crippen LogP contribution in [-0.4, -0.2) is 24.0 Å². The number of likely N-dealkylation sites (tertiary alicyclic amines) is 1. The van der Waals surface area contributed by atoms with Crippen LogP contribution in [0.15, 0.2) is 24.3 Å². The molecule has 1 aliphatic heterocycles. The Labute approximate surface area is 129 Å². The molecular weight excluding hydrogens is 256 g/mol. The first kappa shape index (κ1) is 15.1. The Morgan fingerprint density at radius 3 is 2.57 bits per heavy atom. The molecule has 2 N–H and O–H groups in total. The van der Waals surface area contributed by atoms with E-state index in [2.05, 4.69) is 36.1 Å². The fourth-order valence-electron chi connectivity index (χ4n) is 4.55. The zero-order valence-electron chi connectivity index (χ0n) is 13.5. The van der Waals surface area contributed by atoms with Crippen molar-refractivity contribution >= 4 is 0 Å². The van der Waals surface area contributed by atoms with E-state index in [0.717, 1.165) is 12.8 Å². The predicted molar refractivity (Wildman–Crippen MR) is 89.4 cm³/mol. The van der Waals surface area contributed by atoms with Gasteiger partial charge in [0.05, 0.1) is 5.54 Å². The zero-order valence-corrected chi connectivity index (χ0v) is 13.5. The van der Waals surface area contributed by atoms with Crippen molar-refractivity contribution in [3.05, 3.63) is 35.4 Å². The van der Waals surface area contributed by atoms with Crippen LogP contribution in [0.4, 0.5) is 0 Å². The molecule has 0 aromatic heterocycles. The number of nitrogens with zero attached hydrogens (tertiary/aromatic N) is 1. The second-order valence-corrected chi connectivity index (χ2v) is 6.95. The van der Waals surface area contributed by atoms with Gasteiger partial charge in [-0.2, -0.15) is 0 Å². The van der Waals surface area contributed by atoms with Gasteiger partial charge in [0.2, 0.25) is 0 Å². The molecule has 1 aliphatic carbocycles. The summed E-state index contributed by atoms with van der Waals surface area (Å²) in [6, 6.07) is 9.43. The minimum Gasteiger partial charge on any atom is -0.320 e. The second-order valence-electron chi connectivity index (χ2n) is 6.95. The summed E-state index contributed by atoms with van der Waals surface area (Å²) < 4.78 is 0. The highest BCUT2D eigenvalue weighted by Crippen LogP contribution is 2.40. The van der Waals surface area contributed by atoms with Crippen molar-refractivity contribution < 1.29 is 0 Å². The Bertz CT molecular complexity index is 462. The SMILES string of the molecule is CCCC1(N)c2ccccc2CCC1N1CCCCCC1. The van der Waals surface area contributed by atoms with E-state index in [1.807, 2.05) is 0 Å². The molecule has 0 amide bonds. The highest BCUT2D eigenvalue weighted by Gasteiger charge is 2.43. The van der Waals surface area contributed by atoms with Gasteiger partial charge in [-0.05, 0) is 56.3 Å². The largest absolute Gasteiger partial charge is 0.320 e. The number of benzene rings is 1. The smallest absolute Gasteiger partial charge is 0.0570 e. The van der Waals surface area contributed by atoms with Crippen molar-refractivity contribution in [3.63, 3.8) is 0 Å². The van der Waals surface area contributed by atoms with Crippen molar-refractivity contribution in [2.75, 3.05) is 13.1 Å². The van der Waals surface area contributed by atoms with Gasteiger partial charge in [-0.15, -0.1) is 0 Å². The Balaban J connectivity index is 1.93. The Hall–Kier alpha value is -0.860. The number of hydrogen-bond donors (Lipinski definition) is 1. The lowest BCUT2D eigenvalue weighted by atomic mass is 9.70. The quantitative estimate of drug-likeness (QED) is 0.915. The molecule has 0 radical (unpaired) electrons. The molecule has 1 aromatic carbocycles. The number of nitrogens with two attached hydrogens (primary N) is 1. The van der Waals surface area contributed by atoms with E-state index in [4.69, 9.17) is 5.73 Å². The van der Waals surface area contributed by atoms with Gasteiger partial charge in [-0.1, -0.05) is 50.5 Å². The number of rotatable bonds is 3. The normalized spacial score (nSPS) is 30.7. The maximum absolute atomic E-state index is 7.07. The van der Waals surface area contributed by atoms with E-state index in [1.165, 1.54) is 62.7 Å². The highest BCUT2D eigenvalue weighted by atomic mass is 15.2. The van der Waals surface area contributed by atoms with Crippen LogP contribution in [0, 0.1) is 0 Å². The minimum absolute atomic E-state index is 0.145. The molecule has 116 valence electrons. The van der Waals surface area contributed by atoms with Gasteiger partial charge in [-0.25, -0.2) is 0 Å². The van der Waals surface area contributed by atoms with Gasteiger partial charge in [0.1, 0.15) is 0 Å². The standard InChI is InChI=1S/C19H30N2/c1-2-13-19(20)17-10-6-5-9-16(17)11-12-18(19)21-14-7-3-4-8-15-21/h5-6,9-10,18H,2-4,7-8,11-15,20H2,1H3. The lowest BCUT2D eigenvalue weighted by Gasteiger charge is -2.48. The Kier molecular flexibility index (Phi) is 4.66. The Morgan fingerprint density at radius 1 is 1.14 bits per heavy atom. The van der Waals surface area contributed by atoms with Crippen LogP contribution in [-0.2, 0) is 12.0 Å². The first-order valence-corrected chi connectivity index (χ1v) is 8.87. The molecule has 0 bridgehead atoms. The van der Waals surface area contributed by atoms with Crippen LogP contribution < -0.4 is 5.73 Å². The van der Waals surface area contributed by atoms with E-state index >= 15 is 0 Å². The third kappa shape index (κ3) is 2.89. The predicted octanol–water partition coefficient (Wildman–Crippen LogP) is 3.83. The van der Waals surface area contributed by atoms with E-state index in [9.17, 15) is 0 Å². The molecule has 1 heterocycles. The molecule has 2 unspecified atom stereocenters. The highest BCUT2D eigenvalue weighted by molar-refractivity contribution is 5.38. The number of aryl methyl sites for hydroxylation is 1. The Morgan fingerprint density at radius 2 is 1.86 bits per heavy atom. The summed E-state index contributed by atoms with van der Waals surface area (Å²) in [5.74, 6) is 0. The minimum atomic E-state index is -0.145. The van der Waals surface area contributed by atoms with Gasteiger partial charge >= 0.3 is 0 Å². The van der Waals surface area contributed by atoms with Crippen molar-refractivity contribution in [1.82, 2.24) is 4.90 Å². The topological polar surface area (TPSA) is 29.3 Å². The van der Waals surface area contributed by atoms with E-state index in [1.54, 1.807) is 0 Å². The lowest BCUT2D eigenvalue weighted by Crippen LogP contribution is -2.58. The number of hydrogen-bond acceptors (Lipinski definition) is 2. The second kappa shape index (κ2) is 6.50. The third-order valence-electron chi connectivity index (χ3n) is 5.55. The summed E-state index contributed by atoms with van der Waals surface area (Å²) in [6.45, 7) is 4.76. The monoisotopic (exact) mass is 286 g/mol. The van der Waals surface area contributed by atoms with E-state index in [0.29, 0.717) is 6.04 Å². The summed E-state index contributed by atoms with van der Waals surface area (Å²) in [5.41, 5.74) is 9.83. The van der Waals surface area contributed by atoms with Crippen molar-refractivity contribution in [1.29, 1.82) is 0 Å². The molecule has 1 aromatic rings. The van der Waals surface area contributed by atoms with Gasteiger partial charge in [0, 0.05) is 6.04 Å². The van der Waals surface area contributed by atoms with Crippen molar-refractivity contribution in [3.8, 4) is 0 Å². The maximum atomic E-state index is 7.07. The fraction of sp³-hybridized carbons (Fsp3) is 0.684. The molecule has 2 nitrogen and oxygen atoms in total. The molecule has 0 saturated carbocycles. The van der Waals surface area contributed by atoms with Crippen LogP contribution in [0.5, 0.6) is 0 Å². The summed E-state index contributed by atoms with van der Waals surface area (Å²) in [6.07, 6.45) is 10.2. The first-order chi connectivity index (χ1) is 10.3. The summed E-state index contributed by atoms with van der Waals surface area (Å²) in [4.78, 5) is 2.72. The molecule has 3 rings (SSSR count). The summed E-state index contributed by atoms with van der Waals surface area (Å²) >= 11 is 0. The molecule has 2 atom stereocenters. The average Bonchev–Trinajstić information content (AvgIpc) is 2.77. The van der Waals surface area contributed by atoms with Crippen LogP contribution in [0.1, 0.15) is 63.0 Å². The molecule has 1 saturated heterocycles. The van der Waals surface area contributed by atoms with Crippen LogP contribution in [0.3, 0.4) is 0 Å². The van der Waals surface area contributed by atoms with E-state index in [-0.39, 0.29) is 5.54 Å². The van der Waals surface area contributed by atoms with Crippen molar-refractivity contribution in [2.24, 2.45) is 5.73 Å². The van der Waals surface area contributed by atoms with Gasteiger partial charge in [-0.3, -0.25) is 4.90 Å². The molecule has 0 spiro atoms. The average molecular weight is 286 g/mol. The van der Waals surface area contributed by atoms with Crippen molar-refractivity contribution in [2.45, 2.75) is 69.9 Å². The lowest BCUT2D eigenvalue weighted by molar-refractivity contribution is 0.0974.